The average Bonchev–Trinajstić information content (AvgIpc) is 2.91. The van der Waals surface area contributed by atoms with Gasteiger partial charge in [-0.2, -0.15) is 0 Å². The highest BCUT2D eigenvalue weighted by Crippen LogP contribution is 2.29. The van der Waals surface area contributed by atoms with Gasteiger partial charge in [-0.05, 0) is 46.8 Å². The summed E-state index contributed by atoms with van der Waals surface area (Å²) >= 11 is 3.48. The normalized spacial score (nSPS) is 26.4. The van der Waals surface area contributed by atoms with Crippen LogP contribution in [0.2, 0.25) is 0 Å². The largest absolute Gasteiger partial charge is 0.338 e. The second-order valence-corrected chi connectivity index (χ2v) is 6.23. The van der Waals surface area contributed by atoms with Crippen LogP contribution in [-0.4, -0.2) is 37.0 Å². The summed E-state index contributed by atoms with van der Waals surface area (Å²) in [6.07, 6.45) is 0. The molecule has 1 aromatic rings. The van der Waals surface area contributed by atoms with Gasteiger partial charge in [-0.1, -0.05) is 11.6 Å². The highest BCUT2D eigenvalue weighted by atomic mass is 79.9. The maximum atomic E-state index is 12.5. The van der Waals surface area contributed by atoms with Gasteiger partial charge in [0.05, 0.1) is 5.56 Å². The fourth-order valence-electron chi connectivity index (χ4n) is 2.99. The monoisotopic (exact) mass is 308 g/mol. The van der Waals surface area contributed by atoms with Gasteiger partial charge in [0, 0.05) is 30.7 Å². The van der Waals surface area contributed by atoms with Gasteiger partial charge in [-0.15, -0.1) is 0 Å². The van der Waals surface area contributed by atoms with Gasteiger partial charge in [0.1, 0.15) is 0 Å². The van der Waals surface area contributed by atoms with E-state index in [1.54, 1.807) is 0 Å². The van der Waals surface area contributed by atoms with Crippen molar-refractivity contribution in [1.82, 2.24) is 10.2 Å². The Hall–Kier alpha value is -0.870. The van der Waals surface area contributed by atoms with Crippen molar-refractivity contribution in [3.05, 3.63) is 33.8 Å². The second kappa shape index (κ2) is 4.67. The molecule has 2 atom stereocenters. The van der Waals surface area contributed by atoms with Gasteiger partial charge in [0.25, 0.3) is 5.91 Å². The molecule has 1 N–H and O–H groups in total. The van der Waals surface area contributed by atoms with E-state index in [0.29, 0.717) is 11.8 Å². The summed E-state index contributed by atoms with van der Waals surface area (Å²) in [7, 11) is 0. The van der Waals surface area contributed by atoms with E-state index in [9.17, 15) is 4.79 Å². The van der Waals surface area contributed by atoms with E-state index in [1.807, 2.05) is 30.0 Å². The van der Waals surface area contributed by atoms with Crippen LogP contribution in [0.1, 0.15) is 15.9 Å². The van der Waals surface area contributed by atoms with Gasteiger partial charge >= 0.3 is 0 Å². The van der Waals surface area contributed by atoms with E-state index in [0.717, 1.165) is 41.8 Å². The molecule has 2 unspecified atom stereocenters. The zero-order valence-corrected chi connectivity index (χ0v) is 12.0. The third-order valence-electron chi connectivity index (χ3n) is 4.03. The molecular weight excluding hydrogens is 292 g/mol. The zero-order chi connectivity index (χ0) is 12.7. The number of nitrogens with one attached hydrogen (secondary N) is 1. The minimum atomic E-state index is 0.167. The number of likely N-dealkylation sites (tertiary alicyclic amines) is 1. The molecule has 18 heavy (non-hydrogen) atoms. The maximum Gasteiger partial charge on any atom is 0.255 e. The van der Waals surface area contributed by atoms with Crippen molar-refractivity contribution in [3.63, 3.8) is 0 Å². The summed E-state index contributed by atoms with van der Waals surface area (Å²) in [5.74, 6) is 1.47. The Kier molecular flexibility index (Phi) is 3.16. The molecule has 3 rings (SSSR count). The first kappa shape index (κ1) is 12.2. The fourth-order valence-corrected chi connectivity index (χ4v) is 3.41. The summed E-state index contributed by atoms with van der Waals surface area (Å²) in [5.41, 5.74) is 1.92. The van der Waals surface area contributed by atoms with Crippen LogP contribution >= 0.6 is 15.9 Å². The number of amides is 1. The van der Waals surface area contributed by atoms with Gasteiger partial charge in [0.2, 0.25) is 0 Å². The number of rotatable bonds is 1. The molecule has 2 aliphatic rings. The van der Waals surface area contributed by atoms with Crippen molar-refractivity contribution in [2.45, 2.75) is 6.92 Å². The smallest absolute Gasteiger partial charge is 0.255 e. The predicted molar refractivity (Wildman–Crippen MR) is 74.6 cm³/mol. The first-order valence-corrected chi connectivity index (χ1v) is 7.20. The summed E-state index contributed by atoms with van der Waals surface area (Å²) in [5, 5.41) is 3.40. The second-order valence-electron chi connectivity index (χ2n) is 5.37. The number of hydrogen-bond donors (Lipinski definition) is 1. The number of carbonyl (C=O) groups is 1. The molecule has 3 nitrogen and oxygen atoms in total. The van der Waals surface area contributed by atoms with Crippen LogP contribution in [0, 0.1) is 18.8 Å². The molecule has 2 heterocycles. The minimum absolute atomic E-state index is 0.167. The third-order valence-corrected chi connectivity index (χ3v) is 4.72. The van der Waals surface area contributed by atoms with Crippen LogP contribution in [0.4, 0.5) is 0 Å². The zero-order valence-electron chi connectivity index (χ0n) is 10.4. The van der Waals surface area contributed by atoms with Gasteiger partial charge in [-0.25, -0.2) is 0 Å². The highest BCUT2D eigenvalue weighted by Gasteiger charge is 2.38. The van der Waals surface area contributed by atoms with E-state index in [4.69, 9.17) is 0 Å². The lowest BCUT2D eigenvalue weighted by atomic mass is 10.0. The topological polar surface area (TPSA) is 32.3 Å². The van der Waals surface area contributed by atoms with Gasteiger partial charge in [-0.3, -0.25) is 4.79 Å². The lowest BCUT2D eigenvalue weighted by Gasteiger charge is -2.18. The molecule has 4 heteroatoms. The fraction of sp³-hybridized carbons (Fsp3) is 0.500. The van der Waals surface area contributed by atoms with Crippen LogP contribution in [0.25, 0.3) is 0 Å². The molecule has 0 radical (unpaired) electrons. The summed E-state index contributed by atoms with van der Waals surface area (Å²) in [6, 6.07) is 5.95. The molecule has 96 valence electrons. The lowest BCUT2D eigenvalue weighted by molar-refractivity contribution is 0.0780. The van der Waals surface area contributed by atoms with Crippen molar-refractivity contribution in [2.24, 2.45) is 11.8 Å². The Balaban J connectivity index is 1.81. The number of hydrogen-bond acceptors (Lipinski definition) is 2. The van der Waals surface area contributed by atoms with E-state index >= 15 is 0 Å². The van der Waals surface area contributed by atoms with Crippen molar-refractivity contribution in [3.8, 4) is 0 Å². The maximum absolute atomic E-state index is 12.5. The molecule has 0 spiro atoms. The highest BCUT2D eigenvalue weighted by molar-refractivity contribution is 9.10. The minimum Gasteiger partial charge on any atom is -0.338 e. The van der Waals surface area contributed by atoms with Gasteiger partial charge < -0.3 is 10.2 Å². The van der Waals surface area contributed by atoms with E-state index < -0.39 is 0 Å². The van der Waals surface area contributed by atoms with Crippen LogP contribution in [-0.2, 0) is 0 Å². The van der Waals surface area contributed by atoms with Crippen LogP contribution in [0.5, 0.6) is 0 Å². The molecule has 1 aromatic carbocycles. The molecule has 0 aromatic heterocycles. The Morgan fingerprint density at radius 3 is 2.67 bits per heavy atom. The van der Waals surface area contributed by atoms with Crippen molar-refractivity contribution >= 4 is 21.8 Å². The standard InChI is InChI=1S/C14H17BrN2O/c1-9-2-3-13(15)12(4-9)14(18)17-7-10-5-16-6-11(10)8-17/h2-4,10-11,16H,5-8H2,1H3. The quantitative estimate of drug-likeness (QED) is 0.861. The Bertz CT molecular complexity index is 477. The molecule has 0 saturated carbocycles. The molecule has 2 fully saturated rings. The average molecular weight is 309 g/mol. The Labute approximate surface area is 116 Å². The summed E-state index contributed by atoms with van der Waals surface area (Å²) in [4.78, 5) is 14.5. The van der Waals surface area contributed by atoms with E-state index in [-0.39, 0.29) is 5.91 Å². The molecule has 2 saturated heterocycles. The summed E-state index contributed by atoms with van der Waals surface area (Å²) in [6.45, 7) is 5.94. The van der Waals surface area contributed by atoms with Crippen molar-refractivity contribution < 1.29 is 4.79 Å². The Morgan fingerprint density at radius 1 is 1.33 bits per heavy atom. The molecule has 0 aliphatic carbocycles. The van der Waals surface area contributed by atoms with Crippen LogP contribution < -0.4 is 5.32 Å². The first-order valence-electron chi connectivity index (χ1n) is 6.41. The third kappa shape index (κ3) is 2.08. The predicted octanol–water partition coefficient (Wildman–Crippen LogP) is 2.05. The van der Waals surface area contributed by atoms with E-state index in [1.165, 1.54) is 0 Å². The van der Waals surface area contributed by atoms with Crippen molar-refractivity contribution in [1.29, 1.82) is 0 Å². The van der Waals surface area contributed by atoms with E-state index in [2.05, 4.69) is 21.2 Å². The molecule has 0 bridgehead atoms. The molecule has 2 aliphatic heterocycles. The first-order chi connectivity index (χ1) is 8.65. The van der Waals surface area contributed by atoms with Crippen LogP contribution in [0.3, 0.4) is 0 Å². The number of aryl methyl sites for hydroxylation is 1. The number of benzene rings is 1. The molecular formula is C14H17BrN2O. The van der Waals surface area contributed by atoms with Crippen molar-refractivity contribution in [2.75, 3.05) is 26.2 Å². The van der Waals surface area contributed by atoms with Crippen LogP contribution in [0.15, 0.2) is 22.7 Å². The SMILES string of the molecule is Cc1ccc(Br)c(C(=O)N2CC3CNCC3C2)c1. The number of fused-ring (bicyclic) bond motifs is 1. The number of carbonyl (C=O) groups excluding carboxylic acids is 1. The lowest BCUT2D eigenvalue weighted by Crippen LogP contribution is -2.32. The molecule has 1 amide bonds. The number of halogens is 1. The van der Waals surface area contributed by atoms with Gasteiger partial charge in [0.15, 0.2) is 0 Å². The summed E-state index contributed by atoms with van der Waals surface area (Å²) < 4.78 is 0.897. The Morgan fingerprint density at radius 2 is 2.00 bits per heavy atom. The number of nitrogens with zero attached hydrogens (tertiary/aromatic N) is 1.